The van der Waals surface area contributed by atoms with Crippen molar-refractivity contribution in [3.63, 3.8) is 0 Å². The molecule has 0 saturated carbocycles. The Morgan fingerprint density at radius 1 is 1.40 bits per heavy atom. The van der Waals surface area contributed by atoms with Crippen LogP contribution in [-0.2, 0) is 6.54 Å². The van der Waals surface area contributed by atoms with E-state index in [2.05, 4.69) is 27.8 Å². The van der Waals surface area contributed by atoms with Gasteiger partial charge in [-0.3, -0.25) is 9.20 Å². The van der Waals surface area contributed by atoms with Crippen LogP contribution in [0.15, 0.2) is 33.7 Å². The Hall–Kier alpha value is -1.20. The first-order valence-electron chi connectivity index (χ1n) is 7.13. The van der Waals surface area contributed by atoms with Gasteiger partial charge in [-0.2, -0.15) is 0 Å². The normalized spacial score (nSPS) is 23.1. The lowest BCUT2D eigenvalue weighted by Crippen LogP contribution is -3.11. The molecule has 0 amide bonds. The van der Waals surface area contributed by atoms with E-state index in [1.165, 1.54) is 30.8 Å². The zero-order valence-electron chi connectivity index (χ0n) is 11.6. The number of piperidine rings is 1. The van der Waals surface area contributed by atoms with Crippen LogP contribution in [0.5, 0.6) is 0 Å². The minimum atomic E-state index is -0.00363. The second-order valence-corrected chi connectivity index (χ2v) is 6.69. The standard InChI is InChI=1S/C15H18BrN3O/c1-11-4-6-18(7-5-11)10-13-8-15(20)19-9-12(16)2-3-14(19)17-13/h2-3,8-9,11H,4-7,10H2,1H3/p+1. The third kappa shape index (κ3) is 2.94. The van der Waals surface area contributed by atoms with Crippen LogP contribution < -0.4 is 10.5 Å². The van der Waals surface area contributed by atoms with Crippen molar-refractivity contribution in [1.29, 1.82) is 0 Å². The van der Waals surface area contributed by atoms with E-state index in [1.807, 2.05) is 12.1 Å². The van der Waals surface area contributed by atoms with Crippen molar-refractivity contribution in [1.82, 2.24) is 9.38 Å². The van der Waals surface area contributed by atoms with Crippen LogP contribution in [0.3, 0.4) is 0 Å². The number of nitrogens with one attached hydrogen (secondary N) is 1. The summed E-state index contributed by atoms with van der Waals surface area (Å²) in [6, 6.07) is 5.47. The average Bonchev–Trinajstić information content (AvgIpc) is 2.42. The molecule has 0 spiro atoms. The SMILES string of the molecule is CC1CC[NH+](Cc2cc(=O)n3cc(Br)ccc3n2)CC1. The molecule has 1 saturated heterocycles. The van der Waals surface area contributed by atoms with Gasteiger partial charge in [0.15, 0.2) is 0 Å². The summed E-state index contributed by atoms with van der Waals surface area (Å²) in [7, 11) is 0. The van der Waals surface area contributed by atoms with Gasteiger partial charge in [-0.1, -0.05) is 6.92 Å². The molecular formula is C15H19BrN3O+. The van der Waals surface area contributed by atoms with E-state index in [9.17, 15) is 4.79 Å². The average molecular weight is 337 g/mol. The van der Waals surface area contributed by atoms with Gasteiger partial charge in [-0.05, 0) is 46.8 Å². The van der Waals surface area contributed by atoms with Crippen LogP contribution in [-0.4, -0.2) is 22.5 Å². The van der Waals surface area contributed by atoms with Crippen molar-refractivity contribution in [2.24, 2.45) is 5.92 Å². The molecule has 0 aliphatic carbocycles. The molecule has 0 radical (unpaired) electrons. The summed E-state index contributed by atoms with van der Waals surface area (Å²) in [5, 5.41) is 0. The van der Waals surface area contributed by atoms with E-state index in [-0.39, 0.29) is 5.56 Å². The van der Waals surface area contributed by atoms with Gasteiger partial charge in [-0.15, -0.1) is 0 Å². The first-order chi connectivity index (χ1) is 9.61. The lowest BCUT2D eigenvalue weighted by Gasteiger charge is -2.26. The monoisotopic (exact) mass is 336 g/mol. The predicted octanol–water partition coefficient (Wildman–Crippen LogP) is 1.27. The third-order valence-corrected chi connectivity index (χ3v) is 4.56. The molecule has 0 unspecified atom stereocenters. The number of pyridine rings is 1. The first kappa shape index (κ1) is 13.8. The molecule has 4 nitrogen and oxygen atoms in total. The van der Waals surface area contributed by atoms with Gasteiger partial charge in [0.1, 0.15) is 17.9 Å². The largest absolute Gasteiger partial charge is 0.330 e. The fourth-order valence-corrected chi connectivity index (χ4v) is 3.16. The van der Waals surface area contributed by atoms with Crippen molar-refractivity contribution in [3.05, 3.63) is 44.9 Å². The van der Waals surface area contributed by atoms with E-state index >= 15 is 0 Å². The molecule has 0 atom stereocenters. The van der Waals surface area contributed by atoms with Crippen LogP contribution in [0.4, 0.5) is 0 Å². The Morgan fingerprint density at radius 3 is 2.90 bits per heavy atom. The van der Waals surface area contributed by atoms with Gasteiger partial charge >= 0.3 is 0 Å². The molecule has 1 aliphatic heterocycles. The fraction of sp³-hybridized carbons (Fsp3) is 0.467. The lowest BCUT2D eigenvalue weighted by molar-refractivity contribution is -0.920. The second-order valence-electron chi connectivity index (χ2n) is 5.77. The molecule has 5 heteroatoms. The first-order valence-corrected chi connectivity index (χ1v) is 7.92. The minimum Gasteiger partial charge on any atom is -0.330 e. The van der Waals surface area contributed by atoms with Crippen molar-refractivity contribution in [2.75, 3.05) is 13.1 Å². The molecule has 3 rings (SSSR count). The van der Waals surface area contributed by atoms with E-state index < -0.39 is 0 Å². The number of fused-ring (bicyclic) bond motifs is 1. The topological polar surface area (TPSA) is 38.8 Å². The number of rotatable bonds is 2. The Kier molecular flexibility index (Phi) is 3.89. The Labute approximate surface area is 126 Å². The molecule has 1 N–H and O–H groups in total. The summed E-state index contributed by atoms with van der Waals surface area (Å²) >= 11 is 3.38. The van der Waals surface area contributed by atoms with Gasteiger partial charge in [0, 0.05) is 16.7 Å². The van der Waals surface area contributed by atoms with Crippen LogP contribution in [0.2, 0.25) is 0 Å². The molecular weight excluding hydrogens is 318 g/mol. The number of halogens is 1. The third-order valence-electron chi connectivity index (χ3n) is 4.09. The van der Waals surface area contributed by atoms with Crippen LogP contribution in [0.25, 0.3) is 5.65 Å². The molecule has 2 aromatic heterocycles. The number of hydrogen-bond donors (Lipinski definition) is 1. The van der Waals surface area contributed by atoms with Gasteiger partial charge in [0.2, 0.25) is 0 Å². The highest BCUT2D eigenvalue weighted by Gasteiger charge is 2.19. The predicted molar refractivity (Wildman–Crippen MR) is 82.0 cm³/mol. The summed E-state index contributed by atoms with van der Waals surface area (Å²) in [4.78, 5) is 18.3. The molecule has 0 aromatic carbocycles. The summed E-state index contributed by atoms with van der Waals surface area (Å²) < 4.78 is 2.47. The van der Waals surface area contributed by atoms with Crippen LogP contribution in [0, 0.1) is 5.92 Å². The second kappa shape index (κ2) is 5.66. The minimum absolute atomic E-state index is 0.00363. The summed E-state index contributed by atoms with van der Waals surface area (Å²) in [5.74, 6) is 0.839. The van der Waals surface area contributed by atoms with E-state index in [1.54, 1.807) is 16.7 Å². The van der Waals surface area contributed by atoms with E-state index in [0.29, 0.717) is 0 Å². The molecule has 106 valence electrons. The van der Waals surface area contributed by atoms with Gasteiger partial charge in [0.25, 0.3) is 5.56 Å². The summed E-state index contributed by atoms with van der Waals surface area (Å²) in [5.41, 5.74) is 1.62. The zero-order chi connectivity index (χ0) is 14.1. The van der Waals surface area contributed by atoms with Gasteiger partial charge < -0.3 is 4.90 Å². The van der Waals surface area contributed by atoms with E-state index in [4.69, 9.17) is 0 Å². The van der Waals surface area contributed by atoms with Gasteiger partial charge in [-0.25, -0.2) is 4.98 Å². The zero-order valence-corrected chi connectivity index (χ0v) is 13.2. The number of likely N-dealkylation sites (tertiary alicyclic amines) is 1. The Bertz CT molecular complexity index is 674. The van der Waals surface area contributed by atoms with Crippen LogP contribution in [0.1, 0.15) is 25.5 Å². The van der Waals surface area contributed by atoms with E-state index in [0.717, 1.165) is 28.3 Å². The molecule has 2 aromatic rings. The van der Waals surface area contributed by atoms with Crippen molar-refractivity contribution in [2.45, 2.75) is 26.3 Å². The van der Waals surface area contributed by atoms with Crippen LogP contribution >= 0.6 is 15.9 Å². The van der Waals surface area contributed by atoms with Crippen molar-refractivity contribution in [3.8, 4) is 0 Å². The molecule has 1 aliphatic rings. The maximum Gasteiger partial charge on any atom is 0.258 e. The smallest absolute Gasteiger partial charge is 0.258 e. The van der Waals surface area contributed by atoms with Crippen molar-refractivity contribution >= 4 is 21.6 Å². The highest BCUT2D eigenvalue weighted by molar-refractivity contribution is 9.10. The quantitative estimate of drug-likeness (QED) is 0.897. The molecule has 3 heterocycles. The maximum atomic E-state index is 12.1. The number of hydrogen-bond acceptors (Lipinski definition) is 2. The highest BCUT2D eigenvalue weighted by Crippen LogP contribution is 2.10. The lowest BCUT2D eigenvalue weighted by atomic mass is 9.99. The van der Waals surface area contributed by atoms with Gasteiger partial charge in [0.05, 0.1) is 13.1 Å². The van der Waals surface area contributed by atoms with Crippen molar-refractivity contribution < 1.29 is 4.90 Å². The Morgan fingerprint density at radius 2 is 2.15 bits per heavy atom. The Balaban J connectivity index is 1.85. The number of nitrogens with zero attached hydrogens (tertiary/aromatic N) is 2. The summed E-state index contributed by atoms with van der Waals surface area (Å²) in [6.45, 7) is 5.54. The molecule has 0 bridgehead atoms. The molecule has 20 heavy (non-hydrogen) atoms. The maximum absolute atomic E-state index is 12.1. The molecule has 1 fully saturated rings. The summed E-state index contributed by atoms with van der Waals surface area (Å²) in [6.07, 6.45) is 4.31. The highest BCUT2D eigenvalue weighted by atomic mass is 79.9. The fourth-order valence-electron chi connectivity index (χ4n) is 2.82. The number of aromatic nitrogens is 2. The number of quaternary nitrogens is 1.